The van der Waals surface area contributed by atoms with Crippen LogP contribution < -0.4 is 4.90 Å². The summed E-state index contributed by atoms with van der Waals surface area (Å²) in [7, 11) is 0. The molecule has 1 heterocycles. The zero-order valence-corrected chi connectivity index (χ0v) is 14.0. The second kappa shape index (κ2) is 7.43. The number of alkyl halides is 3. The minimum absolute atomic E-state index is 0.175. The molecule has 0 saturated carbocycles. The first-order valence-electron chi connectivity index (χ1n) is 8.00. The van der Waals surface area contributed by atoms with Gasteiger partial charge in [-0.3, -0.25) is 14.5 Å². The van der Waals surface area contributed by atoms with Crippen molar-refractivity contribution < 1.29 is 27.9 Å². The zero-order chi connectivity index (χ0) is 18.8. The van der Waals surface area contributed by atoms with Gasteiger partial charge in [0.2, 0.25) is 5.91 Å². The highest BCUT2D eigenvalue weighted by molar-refractivity contribution is 5.95. The number of carboxylic acids is 1. The monoisotopic (exact) mass is 358 g/mol. The third-order valence-electron chi connectivity index (χ3n) is 4.31. The van der Waals surface area contributed by atoms with Crippen molar-refractivity contribution in [1.82, 2.24) is 4.90 Å². The molecule has 1 fully saturated rings. The molecule has 0 spiro atoms. The van der Waals surface area contributed by atoms with Crippen LogP contribution >= 0.6 is 0 Å². The van der Waals surface area contributed by atoms with Crippen molar-refractivity contribution in [2.75, 3.05) is 24.5 Å². The van der Waals surface area contributed by atoms with Gasteiger partial charge in [0, 0.05) is 24.8 Å². The van der Waals surface area contributed by atoms with E-state index in [2.05, 4.69) is 0 Å². The summed E-state index contributed by atoms with van der Waals surface area (Å²) >= 11 is 0. The number of amides is 1. The minimum atomic E-state index is -4.60. The van der Waals surface area contributed by atoms with Crippen LogP contribution in [0, 0.1) is 11.8 Å². The maximum absolute atomic E-state index is 13.0. The molecule has 0 aliphatic carbocycles. The van der Waals surface area contributed by atoms with E-state index in [1.54, 1.807) is 30.3 Å². The molecule has 1 N–H and O–H groups in total. The second-order valence-corrected chi connectivity index (χ2v) is 6.48. The van der Waals surface area contributed by atoms with E-state index in [4.69, 9.17) is 5.11 Å². The van der Waals surface area contributed by atoms with E-state index in [1.165, 1.54) is 9.80 Å². The molecule has 0 radical (unpaired) electrons. The molecule has 25 heavy (non-hydrogen) atoms. The molecule has 1 aromatic carbocycles. The summed E-state index contributed by atoms with van der Waals surface area (Å²) in [4.78, 5) is 26.5. The molecule has 2 atom stereocenters. The van der Waals surface area contributed by atoms with E-state index in [9.17, 15) is 22.8 Å². The standard InChI is InChI=1S/C17H21F3N2O3/c1-11(2)22(12-6-4-3-5-7-12)15(23)10-21-8-13(16(24)25)14(9-21)17(18,19)20/h3-7,11,13-14H,8-10H2,1-2H3,(H,24,25)/t13-,14-/m1/s1. The van der Waals surface area contributed by atoms with Crippen LogP contribution in [0.1, 0.15) is 13.8 Å². The Labute approximate surface area is 144 Å². The molecule has 1 aromatic rings. The second-order valence-electron chi connectivity index (χ2n) is 6.48. The molecule has 8 heteroatoms. The van der Waals surface area contributed by atoms with Crippen molar-refractivity contribution >= 4 is 17.6 Å². The highest BCUT2D eigenvalue weighted by Gasteiger charge is 2.52. The number of anilines is 1. The predicted molar refractivity (Wildman–Crippen MR) is 86.2 cm³/mol. The van der Waals surface area contributed by atoms with Gasteiger partial charge in [-0.05, 0) is 26.0 Å². The molecule has 0 bridgehead atoms. The number of benzene rings is 1. The smallest absolute Gasteiger partial charge is 0.393 e. The summed E-state index contributed by atoms with van der Waals surface area (Å²) in [5.74, 6) is -5.34. The van der Waals surface area contributed by atoms with Gasteiger partial charge in [0.1, 0.15) is 0 Å². The fourth-order valence-corrected chi connectivity index (χ4v) is 3.18. The first kappa shape index (κ1) is 19.2. The van der Waals surface area contributed by atoms with Gasteiger partial charge in [-0.25, -0.2) is 0 Å². The molecule has 1 amide bonds. The molecule has 5 nitrogen and oxygen atoms in total. The van der Waals surface area contributed by atoms with E-state index >= 15 is 0 Å². The maximum Gasteiger partial charge on any atom is 0.393 e. The average molecular weight is 358 g/mol. The Balaban J connectivity index is 2.13. The molecule has 1 saturated heterocycles. The lowest BCUT2D eigenvalue weighted by Crippen LogP contribution is -2.43. The van der Waals surface area contributed by atoms with Gasteiger partial charge >= 0.3 is 12.1 Å². The molecule has 138 valence electrons. The van der Waals surface area contributed by atoms with Crippen LogP contribution in [0.4, 0.5) is 18.9 Å². The minimum Gasteiger partial charge on any atom is -0.481 e. The van der Waals surface area contributed by atoms with Crippen molar-refractivity contribution in [3.63, 3.8) is 0 Å². The number of para-hydroxylation sites is 1. The van der Waals surface area contributed by atoms with Gasteiger partial charge in [-0.2, -0.15) is 13.2 Å². The molecule has 1 aliphatic heterocycles. The van der Waals surface area contributed by atoms with E-state index in [0.29, 0.717) is 5.69 Å². The summed E-state index contributed by atoms with van der Waals surface area (Å²) in [5, 5.41) is 9.05. The van der Waals surface area contributed by atoms with E-state index in [0.717, 1.165) is 0 Å². The van der Waals surface area contributed by atoms with E-state index in [1.807, 2.05) is 13.8 Å². The maximum atomic E-state index is 13.0. The predicted octanol–water partition coefficient (Wildman–Crippen LogP) is 2.62. The van der Waals surface area contributed by atoms with E-state index < -0.39 is 30.5 Å². The van der Waals surface area contributed by atoms with Gasteiger partial charge < -0.3 is 10.0 Å². The Morgan fingerprint density at radius 2 is 1.84 bits per heavy atom. The highest BCUT2D eigenvalue weighted by atomic mass is 19.4. The fourth-order valence-electron chi connectivity index (χ4n) is 3.18. The number of rotatable bonds is 5. The number of nitrogens with zero attached hydrogens (tertiary/aromatic N) is 2. The van der Waals surface area contributed by atoms with Gasteiger partial charge in [-0.1, -0.05) is 18.2 Å². The number of carbonyl (C=O) groups excluding carboxylic acids is 1. The number of halogens is 3. The van der Waals surface area contributed by atoms with E-state index in [-0.39, 0.29) is 25.0 Å². The van der Waals surface area contributed by atoms with Crippen LogP contribution in [0.2, 0.25) is 0 Å². The molecule has 1 aliphatic rings. The van der Waals surface area contributed by atoms with Crippen LogP contribution in [0.25, 0.3) is 0 Å². The normalized spacial score (nSPS) is 21.5. The Kier molecular flexibility index (Phi) is 5.72. The van der Waals surface area contributed by atoms with Gasteiger partial charge in [0.05, 0.1) is 18.4 Å². The van der Waals surface area contributed by atoms with Gasteiger partial charge in [0.25, 0.3) is 0 Å². The number of likely N-dealkylation sites (tertiary alicyclic amines) is 1. The Morgan fingerprint density at radius 1 is 1.24 bits per heavy atom. The summed E-state index contributed by atoms with van der Waals surface area (Å²) in [6.45, 7) is 2.61. The first-order chi connectivity index (χ1) is 11.6. The Morgan fingerprint density at radius 3 is 2.28 bits per heavy atom. The van der Waals surface area contributed by atoms with Crippen LogP contribution in [0.3, 0.4) is 0 Å². The summed E-state index contributed by atoms with van der Waals surface area (Å²) in [5.41, 5.74) is 0.656. The fraction of sp³-hybridized carbons (Fsp3) is 0.529. The number of hydrogen-bond donors (Lipinski definition) is 1. The SMILES string of the molecule is CC(C)N(C(=O)CN1C[C@@H](C(F)(F)F)[C@H](C(=O)O)C1)c1ccccc1. The first-order valence-corrected chi connectivity index (χ1v) is 8.00. The summed E-state index contributed by atoms with van der Waals surface area (Å²) < 4.78 is 39.1. The molecule has 2 rings (SSSR count). The molecular formula is C17H21F3N2O3. The molecule has 0 unspecified atom stereocenters. The number of aliphatic carboxylic acids is 1. The van der Waals surface area contributed by atoms with Crippen LogP contribution in [0.5, 0.6) is 0 Å². The van der Waals surface area contributed by atoms with Crippen LogP contribution in [-0.2, 0) is 9.59 Å². The average Bonchev–Trinajstić information content (AvgIpc) is 2.92. The van der Waals surface area contributed by atoms with Gasteiger partial charge in [-0.15, -0.1) is 0 Å². The summed E-state index contributed by atoms with van der Waals surface area (Å²) in [6, 6.07) is 8.67. The highest BCUT2D eigenvalue weighted by Crippen LogP contribution is 2.37. The van der Waals surface area contributed by atoms with Crippen LogP contribution in [-0.4, -0.2) is 53.7 Å². The quantitative estimate of drug-likeness (QED) is 0.879. The van der Waals surface area contributed by atoms with Crippen molar-refractivity contribution in [3.05, 3.63) is 30.3 Å². The zero-order valence-electron chi connectivity index (χ0n) is 14.0. The van der Waals surface area contributed by atoms with Crippen molar-refractivity contribution in [1.29, 1.82) is 0 Å². The lowest BCUT2D eigenvalue weighted by molar-refractivity contribution is -0.188. The Hall–Kier alpha value is -2.09. The number of carboxylic acid groups (broad SMARTS) is 1. The summed E-state index contributed by atoms with van der Waals surface area (Å²) in [6.07, 6.45) is -4.60. The Bertz CT molecular complexity index is 619. The number of hydrogen-bond acceptors (Lipinski definition) is 3. The lowest BCUT2D eigenvalue weighted by Gasteiger charge is -2.29. The van der Waals surface area contributed by atoms with Crippen LogP contribution in [0.15, 0.2) is 30.3 Å². The largest absolute Gasteiger partial charge is 0.481 e. The molecular weight excluding hydrogens is 337 g/mol. The van der Waals surface area contributed by atoms with Crippen molar-refractivity contribution in [2.24, 2.45) is 11.8 Å². The van der Waals surface area contributed by atoms with Crippen molar-refractivity contribution in [2.45, 2.75) is 26.1 Å². The third-order valence-corrected chi connectivity index (χ3v) is 4.31. The lowest BCUT2D eigenvalue weighted by atomic mass is 9.96. The third kappa shape index (κ3) is 4.50. The topological polar surface area (TPSA) is 60.9 Å². The van der Waals surface area contributed by atoms with Crippen molar-refractivity contribution in [3.8, 4) is 0 Å². The van der Waals surface area contributed by atoms with Gasteiger partial charge in [0.15, 0.2) is 0 Å². The number of carbonyl (C=O) groups is 2. The molecule has 0 aromatic heterocycles.